The first-order valence-electron chi connectivity index (χ1n) is 9.03. The van der Waals surface area contributed by atoms with Crippen LogP contribution in [0.5, 0.6) is 5.75 Å². The predicted octanol–water partition coefficient (Wildman–Crippen LogP) is 4.96. The molecule has 0 radical (unpaired) electrons. The first-order valence-corrected chi connectivity index (χ1v) is 9.03. The average molecular weight is 387 g/mol. The molecule has 0 aromatic heterocycles. The molecule has 0 spiro atoms. The first-order chi connectivity index (χ1) is 13.4. The lowest BCUT2D eigenvalue weighted by molar-refractivity contribution is -0.167. The van der Waals surface area contributed by atoms with Crippen molar-refractivity contribution in [3.8, 4) is 5.75 Å². The van der Waals surface area contributed by atoms with E-state index in [2.05, 4.69) is 5.32 Å². The van der Waals surface area contributed by atoms with Gasteiger partial charge in [-0.2, -0.15) is 0 Å². The van der Waals surface area contributed by atoms with Gasteiger partial charge in [0.2, 0.25) is 5.54 Å². The number of methoxy groups -OCH3 is 1. The number of anilines is 1. The number of hydrogen-bond donors (Lipinski definition) is 1. The first kappa shape index (κ1) is 19.9. The van der Waals surface area contributed by atoms with Gasteiger partial charge in [-0.3, -0.25) is 0 Å². The van der Waals surface area contributed by atoms with Gasteiger partial charge in [-0.05, 0) is 36.8 Å². The molecule has 0 saturated heterocycles. The molecular formula is C22H23F2NO3. The molecule has 28 heavy (non-hydrogen) atoms. The van der Waals surface area contributed by atoms with Crippen molar-refractivity contribution in [2.24, 2.45) is 0 Å². The smallest absolute Gasteiger partial charge is 0.338 e. The SMILES string of the molecule is COc1ccc(N[C@]2(C(=O)OCc3ccccc3)CC(C)=CCC2(F)F)cc1. The monoisotopic (exact) mass is 387 g/mol. The Bertz CT molecular complexity index is 850. The van der Waals surface area contributed by atoms with E-state index in [4.69, 9.17) is 9.47 Å². The van der Waals surface area contributed by atoms with E-state index >= 15 is 8.78 Å². The second kappa shape index (κ2) is 8.00. The number of halogens is 2. The Morgan fingerprint density at radius 1 is 1.11 bits per heavy atom. The third-order valence-corrected chi connectivity index (χ3v) is 4.88. The number of esters is 1. The Hall–Kier alpha value is -2.89. The van der Waals surface area contributed by atoms with Gasteiger partial charge in [0, 0.05) is 18.5 Å². The van der Waals surface area contributed by atoms with Crippen molar-refractivity contribution < 1.29 is 23.0 Å². The lowest BCUT2D eigenvalue weighted by atomic mass is 9.78. The van der Waals surface area contributed by atoms with Crippen molar-refractivity contribution in [3.63, 3.8) is 0 Å². The molecule has 0 unspecified atom stereocenters. The minimum atomic E-state index is -3.31. The van der Waals surface area contributed by atoms with Crippen molar-refractivity contribution in [1.82, 2.24) is 0 Å². The minimum absolute atomic E-state index is 0.0649. The van der Waals surface area contributed by atoms with E-state index in [0.29, 0.717) is 17.0 Å². The van der Waals surface area contributed by atoms with E-state index in [-0.39, 0.29) is 13.0 Å². The van der Waals surface area contributed by atoms with Gasteiger partial charge in [0.25, 0.3) is 5.92 Å². The topological polar surface area (TPSA) is 47.6 Å². The number of allylic oxidation sites excluding steroid dienone is 1. The summed E-state index contributed by atoms with van der Waals surface area (Å²) in [6, 6.07) is 15.5. The van der Waals surface area contributed by atoms with Gasteiger partial charge in [-0.25, -0.2) is 13.6 Å². The van der Waals surface area contributed by atoms with Crippen molar-refractivity contribution in [2.45, 2.75) is 37.8 Å². The van der Waals surface area contributed by atoms with Gasteiger partial charge >= 0.3 is 5.97 Å². The number of alkyl halides is 2. The maximum atomic E-state index is 15.1. The molecule has 1 aliphatic carbocycles. The number of carbonyl (C=O) groups excluding carboxylic acids is 1. The lowest BCUT2D eigenvalue weighted by Crippen LogP contribution is -2.61. The zero-order valence-electron chi connectivity index (χ0n) is 15.9. The molecule has 1 N–H and O–H groups in total. The fourth-order valence-electron chi connectivity index (χ4n) is 3.27. The molecular weight excluding hydrogens is 364 g/mol. The van der Waals surface area contributed by atoms with E-state index in [0.717, 1.165) is 5.56 Å². The maximum Gasteiger partial charge on any atom is 0.338 e. The molecule has 2 aromatic rings. The largest absolute Gasteiger partial charge is 0.497 e. The highest BCUT2D eigenvalue weighted by atomic mass is 19.3. The van der Waals surface area contributed by atoms with Crippen molar-refractivity contribution in [2.75, 3.05) is 12.4 Å². The van der Waals surface area contributed by atoms with E-state index < -0.39 is 23.9 Å². The molecule has 4 nitrogen and oxygen atoms in total. The molecule has 0 aliphatic heterocycles. The Labute approximate surface area is 163 Å². The molecule has 0 bridgehead atoms. The second-order valence-corrected chi connectivity index (χ2v) is 6.96. The van der Waals surface area contributed by atoms with Crippen molar-refractivity contribution in [1.29, 1.82) is 0 Å². The van der Waals surface area contributed by atoms with E-state index in [9.17, 15) is 4.79 Å². The van der Waals surface area contributed by atoms with Crippen LogP contribution in [0, 0.1) is 0 Å². The van der Waals surface area contributed by atoms with Crippen LogP contribution >= 0.6 is 0 Å². The maximum absolute atomic E-state index is 15.1. The summed E-state index contributed by atoms with van der Waals surface area (Å²) < 4.78 is 40.6. The zero-order chi connectivity index (χ0) is 20.2. The van der Waals surface area contributed by atoms with Crippen LogP contribution in [0.2, 0.25) is 0 Å². The molecule has 0 saturated carbocycles. The predicted molar refractivity (Wildman–Crippen MR) is 104 cm³/mol. The molecule has 6 heteroatoms. The Balaban J connectivity index is 1.89. The van der Waals surface area contributed by atoms with Gasteiger partial charge in [-0.15, -0.1) is 0 Å². The van der Waals surface area contributed by atoms with Gasteiger partial charge in [0.05, 0.1) is 7.11 Å². The molecule has 1 atom stereocenters. The lowest BCUT2D eigenvalue weighted by Gasteiger charge is -2.42. The third-order valence-electron chi connectivity index (χ3n) is 4.88. The number of nitrogens with one attached hydrogen (secondary N) is 1. The Morgan fingerprint density at radius 3 is 2.43 bits per heavy atom. The number of hydrogen-bond acceptors (Lipinski definition) is 4. The molecule has 1 aliphatic rings. The summed E-state index contributed by atoms with van der Waals surface area (Å²) in [7, 11) is 1.52. The summed E-state index contributed by atoms with van der Waals surface area (Å²) in [4.78, 5) is 13.0. The third kappa shape index (κ3) is 4.01. The fraction of sp³-hybridized carbons (Fsp3) is 0.318. The second-order valence-electron chi connectivity index (χ2n) is 6.96. The van der Waals surface area contributed by atoms with Crippen LogP contribution < -0.4 is 10.1 Å². The van der Waals surface area contributed by atoms with Crippen LogP contribution in [-0.2, 0) is 16.1 Å². The summed E-state index contributed by atoms with van der Waals surface area (Å²) in [6.07, 6.45) is 0.806. The highest BCUT2D eigenvalue weighted by Crippen LogP contribution is 2.44. The van der Waals surface area contributed by atoms with Crippen molar-refractivity contribution in [3.05, 3.63) is 71.8 Å². The van der Waals surface area contributed by atoms with Gasteiger partial charge in [-0.1, -0.05) is 42.0 Å². The quantitative estimate of drug-likeness (QED) is 0.562. The molecule has 0 amide bonds. The van der Waals surface area contributed by atoms with Crippen LogP contribution in [0.4, 0.5) is 14.5 Å². The number of ether oxygens (including phenoxy) is 2. The van der Waals surface area contributed by atoms with Crippen LogP contribution in [0.15, 0.2) is 66.2 Å². The summed E-state index contributed by atoms with van der Waals surface area (Å²) in [6.45, 7) is 1.68. The summed E-state index contributed by atoms with van der Waals surface area (Å²) >= 11 is 0. The standard InChI is InChI=1S/C22H23F2NO3/c1-16-12-13-22(23,24)21(14-16,25-18-8-10-19(27-2)11-9-18)20(26)28-15-17-6-4-3-5-7-17/h3-12,25H,13-15H2,1-2H3/t21-/m0/s1. The summed E-state index contributed by atoms with van der Waals surface area (Å²) in [5.41, 5.74) is -0.327. The molecule has 3 rings (SSSR count). The normalized spacial score (nSPS) is 20.8. The number of carbonyl (C=O) groups is 1. The number of benzene rings is 2. The number of rotatable bonds is 6. The average Bonchev–Trinajstić information content (AvgIpc) is 2.70. The van der Waals surface area contributed by atoms with Crippen LogP contribution in [0.3, 0.4) is 0 Å². The van der Waals surface area contributed by atoms with Gasteiger partial charge in [0.1, 0.15) is 12.4 Å². The van der Waals surface area contributed by atoms with Gasteiger partial charge < -0.3 is 14.8 Å². The summed E-state index contributed by atoms with van der Waals surface area (Å²) in [5, 5.41) is 2.78. The van der Waals surface area contributed by atoms with Gasteiger partial charge in [0.15, 0.2) is 0 Å². The van der Waals surface area contributed by atoms with E-state index in [1.807, 2.05) is 6.07 Å². The highest BCUT2D eigenvalue weighted by molar-refractivity contribution is 5.87. The molecule has 0 heterocycles. The van der Waals surface area contributed by atoms with Crippen LogP contribution in [-0.4, -0.2) is 24.5 Å². The van der Waals surface area contributed by atoms with Crippen molar-refractivity contribution >= 4 is 11.7 Å². The van der Waals surface area contributed by atoms with Crippen LogP contribution in [0.1, 0.15) is 25.3 Å². The Kier molecular flexibility index (Phi) is 5.68. The summed E-state index contributed by atoms with van der Waals surface area (Å²) in [5.74, 6) is -3.68. The minimum Gasteiger partial charge on any atom is -0.497 e. The molecule has 0 fully saturated rings. The van der Waals surface area contributed by atoms with Crippen LogP contribution in [0.25, 0.3) is 0 Å². The molecule has 148 valence electrons. The highest BCUT2D eigenvalue weighted by Gasteiger charge is 2.61. The molecule has 2 aromatic carbocycles. The zero-order valence-corrected chi connectivity index (χ0v) is 15.9. The fourth-order valence-corrected chi connectivity index (χ4v) is 3.27. The Morgan fingerprint density at radius 2 is 1.79 bits per heavy atom. The van der Waals surface area contributed by atoms with E-state index in [1.54, 1.807) is 55.5 Å². The van der Waals surface area contributed by atoms with E-state index in [1.165, 1.54) is 13.2 Å².